The number of hydrogen-bond donors (Lipinski definition) is 0. The molecule has 0 aliphatic rings. The van der Waals surface area contributed by atoms with Crippen LogP contribution in [-0.2, 0) is 79.3 Å². The van der Waals surface area contributed by atoms with E-state index in [0.29, 0.717) is 122 Å². The smallest absolute Gasteiger partial charge is 0.123 e. The fraction of sp³-hybridized carbons (Fsp3) is 0.111. The predicted molar refractivity (Wildman–Crippen MR) is 578 cm³/mol. The minimum Gasteiger partial charge on any atom is -0.489 e. The van der Waals surface area contributed by atoms with E-state index in [-0.39, 0.29) is 26.4 Å². The van der Waals surface area contributed by atoms with Gasteiger partial charge in [0.05, 0.1) is 0 Å². The largest absolute Gasteiger partial charge is 0.489 e. The van der Waals surface area contributed by atoms with Gasteiger partial charge in [0.1, 0.15) is 148 Å². The summed E-state index contributed by atoms with van der Waals surface area (Å²) in [5.74, 6) is 8.13. The van der Waals surface area contributed by atoms with Gasteiger partial charge < -0.3 is 56.8 Å². The highest BCUT2D eigenvalue weighted by atomic mass is 31.1. The van der Waals surface area contributed by atoms with E-state index in [4.69, 9.17) is 56.8 Å². The predicted octanol–water partition coefficient (Wildman–Crippen LogP) is 29.3. The molecular weight excluding hydrogens is 1770 g/mol. The Kier molecular flexibility index (Phi) is 34.4. The second-order valence-corrected chi connectivity index (χ2v) is 38.2. The van der Waals surface area contributed by atoms with Gasteiger partial charge in [-0.15, -0.1) is 0 Å². The molecule has 14 heteroatoms. The van der Waals surface area contributed by atoms with Crippen LogP contribution in [0.5, 0.6) is 69.0 Å². The summed E-state index contributed by atoms with van der Waals surface area (Å²) >= 11 is 0. The van der Waals surface area contributed by atoms with E-state index in [9.17, 15) is 0 Å². The van der Waals surface area contributed by atoms with E-state index >= 15 is 0 Å². The Balaban J connectivity index is 0.697. The zero-order valence-corrected chi connectivity index (χ0v) is 80.4. The first-order chi connectivity index (χ1) is 68.8. The van der Waals surface area contributed by atoms with Crippen molar-refractivity contribution in [3.8, 4) is 69.0 Å². The third-order valence-electron chi connectivity index (χ3n) is 23.5. The minimum atomic E-state index is -1.06. The summed E-state index contributed by atoms with van der Waals surface area (Å²) in [6.07, 6.45) is 16.3. The van der Waals surface area contributed by atoms with Crippen LogP contribution in [0.25, 0.3) is 48.6 Å². The van der Waals surface area contributed by atoms with Crippen LogP contribution in [0.3, 0.4) is 0 Å². The first kappa shape index (κ1) is 97.0. The fourth-order valence-corrected chi connectivity index (χ4v) is 20.7. The lowest BCUT2D eigenvalue weighted by Crippen LogP contribution is -2.20. The SMILES string of the molecule is C=Cc1ccc(COc2cc(COc3ccc(P(CCP(c4ccc(OCc5cc(OCc6ccc(C=C)cc6)cc(OCc6ccc(C=C)cc6)c5)cc4)c4ccc(OCc5cc(OCc6ccc(C=C)cc6)cc(OCc6ccc(C=C)cc6)c5)cc4)c4ccc(OCc5cc(OCc6ccc(C=C)cc6)cc(OCc6ccc(C=C)cc6)c5)cc4)cc3)cc(OCc3ccc(C=C)cc3)c2)cc1. The molecule has 0 unspecified atom stereocenters. The van der Waals surface area contributed by atoms with Crippen molar-refractivity contribution in [3.63, 3.8) is 0 Å². The first-order valence-corrected chi connectivity index (χ1v) is 49.6. The van der Waals surface area contributed by atoms with Gasteiger partial charge in [-0.25, -0.2) is 0 Å². The van der Waals surface area contributed by atoms with Crippen molar-refractivity contribution in [3.05, 3.63) is 528 Å². The van der Waals surface area contributed by atoms with Crippen LogP contribution in [0.2, 0.25) is 0 Å². The molecule has 0 aliphatic carbocycles. The van der Waals surface area contributed by atoms with Gasteiger partial charge in [-0.2, -0.15) is 0 Å². The maximum absolute atomic E-state index is 6.75. The summed E-state index contributed by atoms with van der Waals surface area (Å²) in [6.45, 7) is 35.4. The fourth-order valence-electron chi connectivity index (χ4n) is 15.4. The van der Waals surface area contributed by atoms with Crippen LogP contribution in [0.15, 0.2) is 417 Å². The number of hydrogen-bond acceptors (Lipinski definition) is 12. The molecule has 16 aromatic rings. The normalized spacial score (nSPS) is 10.9. The summed E-state index contributed by atoms with van der Waals surface area (Å²) < 4.78 is 79.0. The molecule has 140 heavy (non-hydrogen) atoms. The molecule has 698 valence electrons. The third kappa shape index (κ3) is 28.8. The van der Waals surface area contributed by atoms with Crippen molar-refractivity contribution in [2.75, 3.05) is 12.3 Å². The number of benzene rings is 16. The highest BCUT2D eigenvalue weighted by molar-refractivity contribution is 7.76. The Bertz CT molecular complexity index is 5700. The lowest BCUT2D eigenvalue weighted by atomic mass is 10.1. The van der Waals surface area contributed by atoms with E-state index in [1.54, 1.807) is 0 Å². The van der Waals surface area contributed by atoms with Crippen molar-refractivity contribution in [1.29, 1.82) is 0 Å². The van der Waals surface area contributed by atoms with Gasteiger partial charge in [-0.1, -0.05) is 344 Å². The van der Waals surface area contributed by atoms with Crippen molar-refractivity contribution < 1.29 is 56.8 Å². The summed E-state index contributed by atoms with van der Waals surface area (Å²) in [5.41, 5.74) is 20.0. The van der Waals surface area contributed by atoms with Crippen molar-refractivity contribution in [2.24, 2.45) is 0 Å². The number of ether oxygens (including phenoxy) is 12. The summed E-state index contributed by atoms with van der Waals surface area (Å²) in [4.78, 5) is 0. The third-order valence-corrected chi connectivity index (χ3v) is 28.9. The topological polar surface area (TPSA) is 111 Å². The molecule has 0 heterocycles. The molecule has 0 N–H and O–H groups in total. The molecule has 0 aliphatic heterocycles. The highest BCUT2D eigenvalue weighted by Gasteiger charge is 2.23. The molecule has 0 atom stereocenters. The van der Waals surface area contributed by atoms with Crippen molar-refractivity contribution in [2.45, 2.75) is 79.3 Å². The van der Waals surface area contributed by atoms with Gasteiger partial charge in [-0.3, -0.25) is 0 Å². The molecule has 0 radical (unpaired) electrons. The lowest BCUT2D eigenvalue weighted by molar-refractivity contribution is 0.281. The molecule has 12 nitrogen and oxygen atoms in total. The molecule has 0 bridgehead atoms. The Hall–Kier alpha value is -16.1. The van der Waals surface area contributed by atoms with Crippen LogP contribution in [0.1, 0.15) is 111 Å². The molecule has 0 aromatic heterocycles. The second kappa shape index (κ2) is 49.6. The quantitative estimate of drug-likeness (QED) is 0.0339. The Morgan fingerprint density at radius 3 is 0.386 bits per heavy atom. The maximum Gasteiger partial charge on any atom is 0.123 e. The summed E-state index contributed by atoms with van der Waals surface area (Å²) in [6, 6.07) is 124. The molecule has 0 saturated heterocycles. The second-order valence-electron chi connectivity index (χ2n) is 33.6. The average molecular weight is 1880 g/mol. The molecule has 0 amide bonds. The Morgan fingerprint density at radius 1 is 0.136 bits per heavy atom. The summed E-state index contributed by atoms with van der Waals surface area (Å²) in [5, 5.41) is 4.70. The van der Waals surface area contributed by atoms with Crippen molar-refractivity contribution in [1.82, 2.24) is 0 Å². The zero-order chi connectivity index (χ0) is 96.4. The maximum atomic E-state index is 6.75. The Morgan fingerprint density at radius 2 is 0.257 bits per heavy atom. The lowest BCUT2D eigenvalue weighted by Gasteiger charge is -2.25. The van der Waals surface area contributed by atoms with Gasteiger partial charge in [0.25, 0.3) is 0 Å². The van der Waals surface area contributed by atoms with Crippen LogP contribution in [0.4, 0.5) is 0 Å². The van der Waals surface area contributed by atoms with Crippen molar-refractivity contribution >= 4 is 85.7 Å². The molecular formula is C126H112O12P2. The van der Waals surface area contributed by atoms with Gasteiger partial charge in [0, 0.05) is 24.3 Å². The molecule has 16 aromatic carbocycles. The standard InChI is InChI=1S/C126H112O12P2/c1-9-91-17-33-99(34-18-91)79-131-115-67-107(68-116(75-115)132-80-100-35-19-92(10-2)20-36-100)87-127-111-49-57-123(58-50-111)139(124-59-51-112(52-60-124)128-88-108-69-117(133-81-101-37-21-93(11-3)22-38-101)76-118(70-108)134-82-102-39-23-94(12-4)24-40-102)65-66-140(125-61-53-113(54-62-125)129-89-109-71-119(135-83-103-41-25-95(13-5)26-42-103)77-120(72-109)136-84-104-43-27-96(14-6)28-44-104)126-63-55-114(56-64-126)130-90-110-73-121(137-85-105-45-29-97(15-7)30-46-105)78-122(74-110)138-86-106-47-31-98(16-8)32-48-106/h9-64,67-78H,1-8,65-66,79-90H2. The van der Waals surface area contributed by atoms with E-state index in [0.717, 1.165) is 124 Å². The van der Waals surface area contributed by atoms with E-state index in [2.05, 4.69) is 247 Å². The number of rotatable bonds is 51. The van der Waals surface area contributed by atoms with E-state index in [1.165, 1.54) is 21.2 Å². The van der Waals surface area contributed by atoms with Crippen LogP contribution >= 0.6 is 15.8 Å². The molecule has 0 fully saturated rings. The van der Waals surface area contributed by atoms with Gasteiger partial charge in [0.15, 0.2) is 0 Å². The van der Waals surface area contributed by atoms with Crippen LogP contribution < -0.4 is 78.1 Å². The molecule has 0 spiro atoms. The Labute approximate surface area is 825 Å². The minimum absolute atomic E-state index is 0.250. The van der Waals surface area contributed by atoms with Gasteiger partial charge >= 0.3 is 0 Å². The van der Waals surface area contributed by atoms with Gasteiger partial charge in [0.2, 0.25) is 0 Å². The first-order valence-electron chi connectivity index (χ1n) is 46.5. The summed E-state index contributed by atoms with van der Waals surface area (Å²) in [7, 11) is -2.13. The molecule has 0 saturated carbocycles. The van der Waals surface area contributed by atoms with Crippen LogP contribution in [0, 0.1) is 0 Å². The monoisotopic (exact) mass is 1880 g/mol. The van der Waals surface area contributed by atoms with E-state index in [1.807, 2.05) is 218 Å². The van der Waals surface area contributed by atoms with Crippen LogP contribution in [-0.4, -0.2) is 12.3 Å². The average Bonchev–Trinajstić information content (AvgIpc) is 0.805. The van der Waals surface area contributed by atoms with E-state index < -0.39 is 15.8 Å². The molecule has 16 rings (SSSR count). The highest BCUT2D eigenvalue weighted by Crippen LogP contribution is 2.44. The zero-order valence-electron chi connectivity index (χ0n) is 78.6. The van der Waals surface area contributed by atoms with Gasteiger partial charge in [-0.05, 0) is 258 Å².